The highest BCUT2D eigenvalue weighted by atomic mass is 16.5. The van der Waals surface area contributed by atoms with Crippen LogP contribution < -0.4 is 10.1 Å². The summed E-state index contributed by atoms with van der Waals surface area (Å²) in [6.07, 6.45) is 0. The average Bonchev–Trinajstić information content (AvgIpc) is 2.95. The third-order valence-electron chi connectivity index (χ3n) is 3.21. The Morgan fingerprint density at radius 3 is 2.59 bits per heavy atom. The minimum Gasteiger partial charge on any atom is -0.491 e. The largest absolute Gasteiger partial charge is 0.491 e. The van der Waals surface area contributed by atoms with Crippen LogP contribution in [0.2, 0.25) is 0 Å². The molecule has 1 N–H and O–H groups in total. The van der Waals surface area contributed by atoms with E-state index >= 15 is 0 Å². The topological polar surface area (TPSA) is 60.7 Å². The van der Waals surface area contributed by atoms with Crippen molar-refractivity contribution in [2.24, 2.45) is 0 Å². The molecule has 0 aliphatic heterocycles. The first-order valence-electron chi connectivity index (χ1n) is 7.16. The van der Waals surface area contributed by atoms with Crippen molar-refractivity contribution >= 4 is 5.91 Å². The fraction of sp³-hybridized carbons (Fsp3) is 0.353. The first kappa shape index (κ1) is 16.1. The molecule has 5 heteroatoms. The number of carbonyl (C=O) groups is 1. The van der Waals surface area contributed by atoms with E-state index in [2.05, 4.69) is 5.32 Å². The van der Waals surface area contributed by atoms with Crippen molar-refractivity contribution in [2.75, 3.05) is 20.3 Å². The maximum Gasteiger partial charge on any atom is 0.287 e. The molecule has 1 amide bonds. The molecular formula is C17H21NO4. The van der Waals surface area contributed by atoms with E-state index in [1.807, 2.05) is 32.0 Å². The van der Waals surface area contributed by atoms with Crippen molar-refractivity contribution in [3.63, 3.8) is 0 Å². The number of hydrogen-bond acceptors (Lipinski definition) is 4. The predicted molar refractivity (Wildman–Crippen MR) is 83.2 cm³/mol. The lowest BCUT2D eigenvalue weighted by atomic mass is 10.1. The highest BCUT2D eigenvalue weighted by Crippen LogP contribution is 2.21. The molecule has 118 valence electrons. The van der Waals surface area contributed by atoms with E-state index in [4.69, 9.17) is 13.9 Å². The van der Waals surface area contributed by atoms with Gasteiger partial charge in [-0.25, -0.2) is 0 Å². The second-order valence-electron chi connectivity index (χ2n) is 5.02. The zero-order valence-electron chi connectivity index (χ0n) is 13.1. The number of para-hydroxylation sites is 1. The zero-order valence-corrected chi connectivity index (χ0v) is 13.1. The van der Waals surface area contributed by atoms with Crippen LogP contribution in [0.1, 0.15) is 27.4 Å². The van der Waals surface area contributed by atoms with Gasteiger partial charge in [-0.1, -0.05) is 18.2 Å². The van der Waals surface area contributed by atoms with Crippen LogP contribution in [-0.2, 0) is 11.3 Å². The van der Waals surface area contributed by atoms with E-state index in [0.717, 1.165) is 16.9 Å². The normalized spacial score (nSPS) is 10.5. The smallest absolute Gasteiger partial charge is 0.287 e. The summed E-state index contributed by atoms with van der Waals surface area (Å²) in [6.45, 7) is 5.17. The lowest BCUT2D eigenvalue weighted by Gasteiger charge is -2.12. The Bertz CT molecular complexity index is 613. The molecule has 0 aliphatic carbocycles. The Balaban J connectivity index is 1.79. The number of benzene rings is 1. The van der Waals surface area contributed by atoms with Gasteiger partial charge in [0, 0.05) is 7.11 Å². The van der Waals surface area contributed by atoms with Gasteiger partial charge in [0.1, 0.15) is 24.7 Å². The van der Waals surface area contributed by atoms with Crippen LogP contribution in [0.15, 0.2) is 34.7 Å². The molecule has 0 bridgehead atoms. The molecule has 1 heterocycles. The van der Waals surface area contributed by atoms with Crippen LogP contribution in [0.3, 0.4) is 0 Å². The zero-order chi connectivity index (χ0) is 15.9. The van der Waals surface area contributed by atoms with Gasteiger partial charge in [-0.05, 0) is 37.1 Å². The standard InChI is InChI=1S/C17H21NO4/c1-12-5-4-6-13(2)16(12)21-10-9-18-17(19)15-8-7-14(22-15)11-20-3/h4-8H,9-11H2,1-3H3,(H,18,19). The average molecular weight is 303 g/mol. The van der Waals surface area contributed by atoms with Crippen LogP contribution in [0, 0.1) is 13.8 Å². The van der Waals surface area contributed by atoms with Gasteiger partial charge >= 0.3 is 0 Å². The predicted octanol–water partition coefficient (Wildman–Crippen LogP) is 2.85. The van der Waals surface area contributed by atoms with Gasteiger partial charge in [0.2, 0.25) is 0 Å². The number of furan rings is 1. The summed E-state index contributed by atoms with van der Waals surface area (Å²) >= 11 is 0. The molecule has 2 aromatic rings. The second kappa shape index (κ2) is 7.66. The fourth-order valence-electron chi connectivity index (χ4n) is 2.15. The summed E-state index contributed by atoms with van der Waals surface area (Å²) in [5.41, 5.74) is 2.17. The number of rotatable bonds is 7. The quantitative estimate of drug-likeness (QED) is 0.799. The van der Waals surface area contributed by atoms with Crippen LogP contribution in [0.4, 0.5) is 0 Å². The minimum atomic E-state index is -0.257. The molecule has 0 saturated heterocycles. The fourth-order valence-corrected chi connectivity index (χ4v) is 2.15. The van der Waals surface area contributed by atoms with Crippen molar-refractivity contribution in [1.82, 2.24) is 5.32 Å². The maximum absolute atomic E-state index is 11.9. The summed E-state index contributed by atoms with van der Waals surface area (Å²) in [5.74, 6) is 1.52. The molecule has 0 aliphatic rings. The van der Waals surface area contributed by atoms with Crippen LogP contribution in [-0.4, -0.2) is 26.2 Å². The summed E-state index contributed by atoms with van der Waals surface area (Å²) in [6, 6.07) is 9.36. The molecule has 1 aromatic heterocycles. The Kier molecular flexibility index (Phi) is 5.61. The van der Waals surface area contributed by atoms with Gasteiger partial charge in [0.25, 0.3) is 5.91 Å². The molecule has 0 saturated carbocycles. The molecule has 0 radical (unpaired) electrons. The van der Waals surface area contributed by atoms with E-state index in [1.165, 1.54) is 0 Å². The van der Waals surface area contributed by atoms with Gasteiger partial charge in [0.15, 0.2) is 5.76 Å². The summed E-state index contributed by atoms with van der Waals surface area (Å²) in [5, 5.41) is 2.77. The molecule has 22 heavy (non-hydrogen) atoms. The Labute approximate surface area is 130 Å². The Hall–Kier alpha value is -2.27. The van der Waals surface area contributed by atoms with Crippen LogP contribution >= 0.6 is 0 Å². The van der Waals surface area contributed by atoms with Crippen molar-refractivity contribution in [2.45, 2.75) is 20.5 Å². The van der Waals surface area contributed by atoms with Crippen LogP contribution in [0.5, 0.6) is 5.75 Å². The Morgan fingerprint density at radius 2 is 1.91 bits per heavy atom. The number of amides is 1. The molecule has 5 nitrogen and oxygen atoms in total. The van der Waals surface area contributed by atoms with E-state index < -0.39 is 0 Å². The first-order chi connectivity index (χ1) is 10.6. The number of carbonyl (C=O) groups excluding carboxylic acids is 1. The SMILES string of the molecule is COCc1ccc(C(=O)NCCOc2c(C)cccc2C)o1. The van der Waals surface area contributed by atoms with Crippen molar-refractivity contribution in [3.8, 4) is 5.75 Å². The van der Waals surface area contributed by atoms with Gasteiger partial charge in [-0.2, -0.15) is 0 Å². The monoisotopic (exact) mass is 303 g/mol. The van der Waals surface area contributed by atoms with Gasteiger partial charge in [0.05, 0.1) is 6.54 Å². The third kappa shape index (κ3) is 4.11. The van der Waals surface area contributed by atoms with Crippen molar-refractivity contribution in [3.05, 3.63) is 53.0 Å². The van der Waals surface area contributed by atoms with Gasteiger partial charge in [-0.3, -0.25) is 4.79 Å². The number of ether oxygens (including phenoxy) is 2. The van der Waals surface area contributed by atoms with Crippen LogP contribution in [0.25, 0.3) is 0 Å². The molecule has 1 aromatic carbocycles. The van der Waals surface area contributed by atoms with E-state index in [9.17, 15) is 4.79 Å². The van der Waals surface area contributed by atoms with Crippen molar-refractivity contribution in [1.29, 1.82) is 0 Å². The van der Waals surface area contributed by atoms with Crippen molar-refractivity contribution < 1.29 is 18.7 Å². The highest BCUT2D eigenvalue weighted by Gasteiger charge is 2.10. The lowest BCUT2D eigenvalue weighted by Crippen LogP contribution is -2.27. The number of hydrogen-bond donors (Lipinski definition) is 1. The maximum atomic E-state index is 11.9. The number of methoxy groups -OCH3 is 1. The molecule has 2 rings (SSSR count). The molecular weight excluding hydrogens is 282 g/mol. The molecule has 0 fully saturated rings. The summed E-state index contributed by atoms with van der Waals surface area (Å²) in [4.78, 5) is 11.9. The highest BCUT2D eigenvalue weighted by molar-refractivity contribution is 5.91. The van der Waals surface area contributed by atoms with Gasteiger partial charge < -0.3 is 19.2 Å². The Morgan fingerprint density at radius 1 is 1.18 bits per heavy atom. The van der Waals surface area contributed by atoms with Gasteiger partial charge in [-0.15, -0.1) is 0 Å². The molecule has 0 unspecified atom stereocenters. The first-order valence-corrected chi connectivity index (χ1v) is 7.16. The summed E-state index contributed by atoms with van der Waals surface area (Å²) in [7, 11) is 1.58. The lowest BCUT2D eigenvalue weighted by molar-refractivity contribution is 0.0910. The number of aryl methyl sites for hydroxylation is 2. The van der Waals surface area contributed by atoms with E-state index in [-0.39, 0.29) is 11.7 Å². The molecule has 0 spiro atoms. The number of nitrogens with one attached hydrogen (secondary N) is 1. The van der Waals surface area contributed by atoms with E-state index in [0.29, 0.717) is 25.5 Å². The minimum absolute atomic E-state index is 0.257. The summed E-state index contributed by atoms with van der Waals surface area (Å²) < 4.78 is 16.0. The molecule has 0 atom stereocenters. The second-order valence-corrected chi connectivity index (χ2v) is 5.02. The van der Waals surface area contributed by atoms with E-state index in [1.54, 1.807) is 19.2 Å². The third-order valence-corrected chi connectivity index (χ3v) is 3.21.